The first-order valence-electron chi connectivity index (χ1n) is 3.26. The molecule has 2 nitrogen and oxygen atoms in total. The highest BCUT2D eigenvalue weighted by atomic mass is 79.9. The van der Waals surface area contributed by atoms with Gasteiger partial charge in [-0.05, 0) is 11.6 Å². The van der Waals surface area contributed by atoms with Crippen LogP contribution in [0.25, 0.3) is 0 Å². The third-order valence-corrected chi connectivity index (χ3v) is 2.08. The van der Waals surface area contributed by atoms with Crippen molar-refractivity contribution in [1.29, 1.82) is 0 Å². The molecule has 11 heavy (non-hydrogen) atoms. The summed E-state index contributed by atoms with van der Waals surface area (Å²) in [7, 11) is 0. The van der Waals surface area contributed by atoms with Gasteiger partial charge < -0.3 is 9.84 Å². The van der Waals surface area contributed by atoms with Crippen molar-refractivity contribution in [3.8, 4) is 0 Å². The smallest absolute Gasteiger partial charge is 0.144 e. The Hall–Kier alpha value is -0.380. The lowest BCUT2D eigenvalue weighted by Crippen LogP contribution is -1.93. The Morgan fingerprint density at radius 2 is 2.09 bits per heavy atom. The summed E-state index contributed by atoms with van der Waals surface area (Å²) >= 11 is 3.36. The number of hydrogen-bond donors (Lipinski definition) is 1. The maximum atomic E-state index is 8.38. The summed E-state index contributed by atoms with van der Waals surface area (Å²) < 4.78 is 5.83. The molecule has 0 radical (unpaired) electrons. The molecule has 0 atom stereocenters. The van der Waals surface area contributed by atoms with Gasteiger partial charge in [0.05, 0.1) is 6.61 Å². The molecule has 60 valence electrons. The van der Waals surface area contributed by atoms with Gasteiger partial charge in [0.2, 0.25) is 0 Å². The first-order chi connectivity index (χ1) is 5.34. The fourth-order valence-corrected chi connectivity index (χ4v) is 1.17. The van der Waals surface area contributed by atoms with Crippen molar-refractivity contribution >= 4 is 15.9 Å². The highest BCUT2D eigenvalue weighted by Crippen LogP contribution is 2.16. The Bertz CT molecular complexity index is 225. The summed E-state index contributed by atoms with van der Waals surface area (Å²) in [6.07, 6.45) is 0. The lowest BCUT2D eigenvalue weighted by atomic mass is 10.2. The summed E-state index contributed by atoms with van der Waals surface area (Å²) in [5, 5.41) is 8.38. The molecule has 0 unspecified atom stereocenters. The summed E-state index contributed by atoms with van der Waals surface area (Å²) in [6.45, 7) is 0.208. The van der Waals surface area contributed by atoms with Crippen molar-refractivity contribution in [2.75, 3.05) is 6.79 Å². The summed E-state index contributed by atoms with van der Waals surface area (Å²) in [5.41, 5.74) is 1.04. The minimum Gasteiger partial charge on any atom is -0.371 e. The molecule has 1 aromatic carbocycles. The second kappa shape index (κ2) is 4.49. The van der Waals surface area contributed by atoms with Gasteiger partial charge in [-0.15, -0.1) is 0 Å². The normalized spacial score (nSPS) is 10.0. The highest BCUT2D eigenvalue weighted by molar-refractivity contribution is 9.10. The Morgan fingerprint density at radius 3 is 2.73 bits per heavy atom. The zero-order chi connectivity index (χ0) is 8.10. The second-order valence-corrected chi connectivity index (χ2v) is 2.92. The van der Waals surface area contributed by atoms with Crippen LogP contribution >= 0.6 is 15.9 Å². The first-order valence-corrected chi connectivity index (χ1v) is 4.06. The van der Waals surface area contributed by atoms with Gasteiger partial charge >= 0.3 is 0 Å². The van der Waals surface area contributed by atoms with Crippen LogP contribution in [-0.2, 0) is 11.3 Å². The predicted octanol–water partition coefficient (Wildman–Crippen LogP) is 1.92. The maximum absolute atomic E-state index is 8.38. The van der Waals surface area contributed by atoms with Crippen molar-refractivity contribution in [3.63, 3.8) is 0 Å². The SMILES string of the molecule is OCOCc1ccccc1Br. The third-order valence-electron chi connectivity index (χ3n) is 1.31. The average molecular weight is 217 g/mol. The molecule has 0 aliphatic heterocycles. The van der Waals surface area contributed by atoms with Crippen molar-refractivity contribution in [3.05, 3.63) is 34.3 Å². The van der Waals surface area contributed by atoms with Crippen LogP contribution in [0.3, 0.4) is 0 Å². The van der Waals surface area contributed by atoms with Gasteiger partial charge in [-0.1, -0.05) is 34.1 Å². The van der Waals surface area contributed by atoms with Crippen LogP contribution in [0.2, 0.25) is 0 Å². The van der Waals surface area contributed by atoms with Gasteiger partial charge in [-0.2, -0.15) is 0 Å². The second-order valence-electron chi connectivity index (χ2n) is 2.07. The molecule has 0 fully saturated rings. The average Bonchev–Trinajstić information content (AvgIpc) is 2.03. The van der Waals surface area contributed by atoms with Crippen LogP contribution in [0.5, 0.6) is 0 Å². The molecule has 1 N–H and O–H groups in total. The minimum atomic E-state index is -0.235. The van der Waals surface area contributed by atoms with E-state index >= 15 is 0 Å². The van der Waals surface area contributed by atoms with Crippen LogP contribution in [-0.4, -0.2) is 11.9 Å². The van der Waals surface area contributed by atoms with E-state index < -0.39 is 0 Å². The molecular formula is C8H9BrO2. The van der Waals surface area contributed by atoms with Crippen molar-refractivity contribution in [1.82, 2.24) is 0 Å². The highest BCUT2D eigenvalue weighted by Gasteiger charge is 1.96. The van der Waals surface area contributed by atoms with Crippen LogP contribution < -0.4 is 0 Å². The van der Waals surface area contributed by atoms with Gasteiger partial charge in [0, 0.05) is 4.47 Å². The van der Waals surface area contributed by atoms with E-state index in [1.165, 1.54) is 0 Å². The molecule has 0 heterocycles. The Kier molecular flexibility index (Phi) is 3.56. The van der Waals surface area contributed by atoms with E-state index in [4.69, 9.17) is 9.84 Å². The molecule has 0 bridgehead atoms. The molecule has 0 saturated carbocycles. The zero-order valence-electron chi connectivity index (χ0n) is 5.96. The minimum absolute atomic E-state index is 0.235. The Morgan fingerprint density at radius 1 is 1.36 bits per heavy atom. The van der Waals surface area contributed by atoms with E-state index in [-0.39, 0.29) is 6.79 Å². The fourth-order valence-electron chi connectivity index (χ4n) is 0.771. The van der Waals surface area contributed by atoms with E-state index in [1.807, 2.05) is 24.3 Å². The van der Waals surface area contributed by atoms with Crippen LogP contribution in [0.15, 0.2) is 28.7 Å². The molecule has 0 amide bonds. The molecule has 0 spiro atoms. The zero-order valence-corrected chi connectivity index (χ0v) is 7.54. The standard InChI is InChI=1S/C8H9BrO2/c9-8-4-2-1-3-7(8)5-11-6-10/h1-4,10H,5-6H2. The topological polar surface area (TPSA) is 29.5 Å². The van der Waals surface area contributed by atoms with Gasteiger partial charge in [-0.25, -0.2) is 0 Å². The number of hydrogen-bond acceptors (Lipinski definition) is 2. The van der Waals surface area contributed by atoms with Gasteiger partial charge in [-0.3, -0.25) is 0 Å². The fraction of sp³-hybridized carbons (Fsp3) is 0.250. The van der Waals surface area contributed by atoms with Gasteiger partial charge in [0.25, 0.3) is 0 Å². The Balaban J connectivity index is 2.62. The van der Waals surface area contributed by atoms with Crippen molar-refractivity contribution in [2.24, 2.45) is 0 Å². The number of benzene rings is 1. The van der Waals surface area contributed by atoms with E-state index in [1.54, 1.807) is 0 Å². The number of aliphatic hydroxyl groups excluding tert-OH is 1. The van der Waals surface area contributed by atoms with Gasteiger partial charge in [0.15, 0.2) is 0 Å². The van der Waals surface area contributed by atoms with Crippen molar-refractivity contribution < 1.29 is 9.84 Å². The van der Waals surface area contributed by atoms with Crippen LogP contribution in [0.1, 0.15) is 5.56 Å². The summed E-state index contributed by atoms with van der Waals surface area (Å²) in [5.74, 6) is 0. The summed E-state index contributed by atoms with van der Waals surface area (Å²) in [4.78, 5) is 0. The van der Waals surface area contributed by atoms with Crippen LogP contribution in [0.4, 0.5) is 0 Å². The lowest BCUT2D eigenvalue weighted by Gasteiger charge is -2.02. The quantitative estimate of drug-likeness (QED) is 0.783. The maximum Gasteiger partial charge on any atom is 0.144 e. The van der Waals surface area contributed by atoms with Crippen molar-refractivity contribution in [2.45, 2.75) is 6.61 Å². The molecule has 0 aromatic heterocycles. The predicted molar refractivity (Wildman–Crippen MR) is 46.0 cm³/mol. The van der Waals surface area contributed by atoms with E-state index in [0.717, 1.165) is 10.0 Å². The lowest BCUT2D eigenvalue weighted by molar-refractivity contribution is -0.0114. The largest absolute Gasteiger partial charge is 0.371 e. The molecule has 1 aromatic rings. The molecule has 0 saturated heterocycles. The number of halogens is 1. The number of aliphatic hydroxyl groups is 1. The monoisotopic (exact) mass is 216 g/mol. The van der Waals surface area contributed by atoms with Gasteiger partial charge in [0.1, 0.15) is 6.79 Å². The molecular weight excluding hydrogens is 208 g/mol. The van der Waals surface area contributed by atoms with E-state index in [0.29, 0.717) is 6.61 Å². The molecule has 1 rings (SSSR count). The Labute approximate surface area is 73.9 Å². The third kappa shape index (κ3) is 2.61. The van der Waals surface area contributed by atoms with E-state index in [2.05, 4.69) is 15.9 Å². The number of rotatable bonds is 3. The van der Waals surface area contributed by atoms with Crippen LogP contribution in [0, 0.1) is 0 Å². The molecule has 3 heteroatoms. The molecule has 0 aliphatic carbocycles. The van der Waals surface area contributed by atoms with E-state index in [9.17, 15) is 0 Å². The summed E-state index contributed by atoms with van der Waals surface area (Å²) in [6, 6.07) is 7.75. The first kappa shape index (κ1) is 8.71. The number of ether oxygens (including phenoxy) is 1. The molecule has 0 aliphatic rings.